The molecular weight excluding hydrogens is 869 g/mol. The van der Waals surface area contributed by atoms with Crippen molar-refractivity contribution in [1.29, 1.82) is 0 Å². The Kier molecular flexibility index (Phi) is 20.8. The third-order valence-electron chi connectivity index (χ3n) is 14.9. The molecule has 2 heterocycles. The van der Waals surface area contributed by atoms with E-state index in [4.69, 9.17) is 28.5 Å². The maximum absolute atomic E-state index is 14.3. The van der Waals surface area contributed by atoms with Crippen molar-refractivity contribution in [3.05, 3.63) is 60.2 Å². The molecule has 0 bridgehead atoms. The summed E-state index contributed by atoms with van der Waals surface area (Å²) in [5.74, 6) is -1.80. The average molecular weight is 953 g/mol. The van der Waals surface area contributed by atoms with Gasteiger partial charge in [-0.3, -0.25) is 9.59 Å². The number of aliphatic hydroxyl groups is 3. The second-order valence-corrected chi connectivity index (χ2v) is 20.6. The number of methoxy groups -OCH3 is 1. The van der Waals surface area contributed by atoms with Gasteiger partial charge < -0.3 is 59.4 Å². The van der Waals surface area contributed by atoms with Crippen molar-refractivity contribution in [2.75, 3.05) is 47.4 Å². The number of carbonyl (C=O) groups excluding carboxylic acids is 2. The van der Waals surface area contributed by atoms with Gasteiger partial charge in [0.15, 0.2) is 12.1 Å². The van der Waals surface area contributed by atoms with Crippen molar-refractivity contribution in [2.24, 2.45) is 40.7 Å². The monoisotopic (exact) mass is 953 g/mol. The van der Waals surface area contributed by atoms with Crippen molar-refractivity contribution in [3.8, 4) is 11.5 Å². The Hall–Kier alpha value is -3.51. The van der Waals surface area contributed by atoms with E-state index in [1.807, 2.05) is 82.2 Å². The van der Waals surface area contributed by atoms with Gasteiger partial charge in [0, 0.05) is 44.0 Å². The highest BCUT2D eigenvalue weighted by molar-refractivity contribution is 6.00. The van der Waals surface area contributed by atoms with Gasteiger partial charge in [0.25, 0.3) is 0 Å². The van der Waals surface area contributed by atoms with Gasteiger partial charge in [-0.1, -0.05) is 63.2 Å². The zero-order chi connectivity index (χ0) is 49.8. The Morgan fingerprint density at radius 3 is 2.09 bits per heavy atom. The largest absolute Gasteiger partial charge is 0.459 e. The van der Waals surface area contributed by atoms with E-state index in [0.717, 1.165) is 44.0 Å². The normalized spacial score (nSPS) is 36.3. The third-order valence-corrected chi connectivity index (χ3v) is 14.9. The lowest BCUT2D eigenvalue weighted by atomic mass is 9.74. The highest BCUT2D eigenvalue weighted by Gasteiger charge is 2.51. The first kappa shape index (κ1) is 55.4. The van der Waals surface area contributed by atoms with Crippen LogP contribution in [-0.2, 0) is 39.9 Å². The molecule has 0 spiro atoms. The van der Waals surface area contributed by atoms with Crippen LogP contribution in [0.3, 0.4) is 0 Å². The highest BCUT2D eigenvalue weighted by Crippen LogP contribution is 2.39. The maximum Gasteiger partial charge on any atom is 0.316 e. The first-order valence-electron chi connectivity index (χ1n) is 25.1. The number of ketones is 1. The van der Waals surface area contributed by atoms with Crippen LogP contribution in [-0.4, -0.2) is 139 Å². The summed E-state index contributed by atoms with van der Waals surface area (Å²) in [6.07, 6.45) is -0.332. The van der Waals surface area contributed by atoms with Gasteiger partial charge in [-0.05, 0) is 141 Å². The van der Waals surface area contributed by atoms with Crippen molar-refractivity contribution in [3.63, 3.8) is 0 Å². The van der Waals surface area contributed by atoms with Crippen LogP contribution in [0.25, 0.3) is 0 Å². The number of nitrogens with zero attached hydrogens (tertiary/aromatic N) is 2. The molecule has 0 aromatic heterocycles. The highest BCUT2D eigenvalue weighted by atomic mass is 16.7. The minimum atomic E-state index is -1.91. The lowest BCUT2D eigenvalue weighted by molar-refractivity contribution is -0.295. The number of nitrogens with one attached hydrogen (secondary N) is 2. The number of hydrogen-bond acceptors (Lipinski definition) is 15. The number of Topliss-reactive ketones (excluding diaryl/α,β-unsaturated/α-hetero) is 1. The van der Waals surface area contributed by atoms with E-state index in [2.05, 4.69) is 27.9 Å². The van der Waals surface area contributed by atoms with Gasteiger partial charge >= 0.3 is 5.97 Å². The zero-order valence-electron chi connectivity index (χ0n) is 42.7. The van der Waals surface area contributed by atoms with Gasteiger partial charge in [-0.2, -0.15) is 0 Å². The van der Waals surface area contributed by atoms with Gasteiger partial charge in [-0.15, -0.1) is 0 Å². The SMILES string of the molecule is CC[C@H]1OC(=O)[C@H](C)C(=O)[C@H](C)[C@@H](O[C@@H]2O[C@H](C)C[C@H](N(C)C)[C@H]2O)[C@@](C)(OC)C[C@@H](C)/C(=N\OCCNCC2CCC(CNCc3ccc(Oc4ccccc4)cc3)CC2)[C@H](C)[C@@H](O)[C@]1(C)O. The van der Waals surface area contributed by atoms with E-state index in [0.29, 0.717) is 30.5 Å². The molecule has 2 aliphatic heterocycles. The lowest BCUT2D eigenvalue weighted by Gasteiger charge is -2.47. The van der Waals surface area contributed by atoms with Crippen molar-refractivity contribution >= 4 is 17.5 Å². The summed E-state index contributed by atoms with van der Waals surface area (Å²) in [5, 5.41) is 47.2. The number of likely N-dealkylation sites (N-methyl/N-ethyl adjacent to an activating group) is 1. The summed E-state index contributed by atoms with van der Waals surface area (Å²) in [7, 11) is 5.31. The van der Waals surface area contributed by atoms with Crippen LogP contribution in [0.4, 0.5) is 0 Å². The topological polar surface area (TPSA) is 190 Å². The Morgan fingerprint density at radius 2 is 1.49 bits per heavy atom. The average Bonchev–Trinajstić information content (AvgIpc) is 3.32. The van der Waals surface area contributed by atoms with Crippen molar-refractivity contribution in [2.45, 2.75) is 161 Å². The van der Waals surface area contributed by atoms with E-state index in [9.17, 15) is 24.9 Å². The zero-order valence-corrected chi connectivity index (χ0v) is 42.7. The molecule has 0 amide bonds. The molecule has 5 rings (SSSR count). The molecule has 13 atom stereocenters. The Labute approximate surface area is 406 Å². The predicted molar refractivity (Wildman–Crippen MR) is 262 cm³/mol. The quantitative estimate of drug-likeness (QED) is 0.0500. The van der Waals surface area contributed by atoms with E-state index < -0.39 is 77.3 Å². The second kappa shape index (κ2) is 25.6. The summed E-state index contributed by atoms with van der Waals surface area (Å²) in [6.45, 7) is 17.3. The summed E-state index contributed by atoms with van der Waals surface area (Å²) in [5.41, 5.74) is -1.44. The summed E-state index contributed by atoms with van der Waals surface area (Å²) < 4.78 is 30.9. The van der Waals surface area contributed by atoms with E-state index in [1.165, 1.54) is 39.4 Å². The summed E-state index contributed by atoms with van der Waals surface area (Å²) in [4.78, 5) is 35.9. The van der Waals surface area contributed by atoms with Crippen molar-refractivity contribution in [1.82, 2.24) is 15.5 Å². The van der Waals surface area contributed by atoms with Gasteiger partial charge in [0.05, 0.1) is 29.6 Å². The fourth-order valence-corrected chi connectivity index (χ4v) is 10.5. The number of ether oxygens (including phenoxy) is 5. The second-order valence-electron chi connectivity index (χ2n) is 20.6. The van der Waals surface area contributed by atoms with Crippen LogP contribution in [0.2, 0.25) is 0 Å². The van der Waals surface area contributed by atoms with Crippen LogP contribution in [0.1, 0.15) is 106 Å². The van der Waals surface area contributed by atoms with Crippen LogP contribution >= 0.6 is 0 Å². The lowest BCUT2D eigenvalue weighted by Crippen LogP contribution is -2.60. The minimum Gasteiger partial charge on any atom is -0.459 e. The molecule has 15 nitrogen and oxygen atoms in total. The van der Waals surface area contributed by atoms with Crippen LogP contribution in [0.5, 0.6) is 11.5 Å². The molecule has 1 saturated carbocycles. The fraction of sp³-hybridized carbons (Fsp3) is 0.717. The number of cyclic esters (lactones) is 1. The summed E-state index contributed by atoms with van der Waals surface area (Å²) in [6, 6.07) is 17.8. The molecule has 3 aliphatic rings. The van der Waals surface area contributed by atoms with Crippen LogP contribution in [0, 0.1) is 35.5 Å². The number of aliphatic hydroxyl groups excluding tert-OH is 2. The standard InChI is InChI=1S/C53H84N4O11/c1-12-44-53(8,62)48(60)35(4)45(33(2)29-52(7,63-11)49(36(5)46(58)37(6)50(61)67-44)68-51-47(59)43(57(9)10)28-34(3)65-51)56-64-27-26-54-30-38-18-20-39(21-19-38)31-55-32-40-22-24-42(25-23-40)66-41-16-14-13-15-17-41/h13-17,22-25,33-39,43-44,47-49,51,54-55,59-60,62H,12,18-21,26-32H2,1-11H3/b56-45+/t33-,34-,35+,36+,37-,38?,39?,43+,44-,47-,48-,49-,51+,52+,53-/m1/s1. The van der Waals surface area contributed by atoms with Gasteiger partial charge in [0.2, 0.25) is 0 Å². The van der Waals surface area contributed by atoms with E-state index >= 15 is 0 Å². The fourth-order valence-electron chi connectivity index (χ4n) is 10.5. The van der Waals surface area contributed by atoms with Crippen LogP contribution in [0.15, 0.2) is 59.8 Å². The number of para-hydroxylation sites is 1. The van der Waals surface area contributed by atoms with E-state index in [-0.39, 0.29) is 31.6 Å². The molecule has 5 N–H and O–H groups in total. The Bertz CT molecular complexity index is 1880. The Balaban J connectivity index is 1.21. The van der Waals surface area contributed by atoms with Crippen molar-refractivity contribution < 1.29 is 53.4 Å². The van der Waals surface area contributed by atoms with Gasteiger partial charge in [0.1, 0.15) is 41.8 Å². The number of benzene rings is 2. The number of rotatable bonds is 17. The first-order chi connectivity index (χ1) is 32.3. The molecule has 3 fully saturated rings. The first-order valence-corrected chi connectivity index (χ1v) is 25.1. The molecule has 1 aliphatic carbocycles. The van der Waals surface area contributed by atoms with E-state index in [1.54, 1.807) is 20.8 Å². The molecule has 15 heteroatoms. The predicted octanol–water partition coefficient (Wildman–Crippen LogP) is 6.50. The molecular formula is C53H84N4O11. The smallest absolute Gasteiger partial charge is 0.316 e. The molecule has 2 aromatic rings. The Morgan fingerprint density at radius 1 is 0.868 bits per heavy atom. The van der Waals surface area contributed by atoms with Crippen LogP contribution < -0.4 is 15.4 Å². The molecule has 2 saturated heterocycles. The molecule has 0 radical (unpaired) electrons. The number of oxime groups is 1. The molecule has 2 aromatic carbocycles. The number of carbonyl (C=O) groups is 2. The molecule has 68 heavy (non-hydrogen) atoms. The number of hydrogen-bond donors (Lipinski definition) is 5. The molecule has 382 valence electrons. The number of esters is 1. The van der Waals surface area contributed by atoms with Gasteiger partial charge in [-0.25, -0.2) is 0 Å². The molecule has 0 unspecified atom stereocenters. The third kappa shape index (κ3) is 14.5. The minimum absolute atomic E-state index is 0.180. The maximum atomic E-state index is 14.3. The summed E-state index contributed by atoms with van der Waals surface area (Å²) >= 11 is 0.